The molecule has 0 bridgehead atoms. The number of allylic oxidation sites excluding steroid dienone is 1. The Balaban J connectivity index is 4.49. The van der Waals surface area contributed by atoms with Crippen molar-refractivity contribution in [3.8, 4) is 0 Å². The molecule has 5 heteroatoms. The van der Waals surface area contributed by atoms with Gasteiger partial charge in [-0.15, -0.1) is 0 Å². The second-order valence-corrected chi connectivity index (χ2v) is 3.01. The third-order valence-electron chi connectivity index (χ3n) is 1.96. The average molecular weight is 197 g/mol. The zero-order chi connectivity index (χ0) is 11.1. The van der Waals surface area contributed by atoms with Crippen molar-refractivity contribution in [2.45, 2.75) is 26.7 Å². The van der Waals surface area contributed by atoms with Crippen LogP contribution >= 0.6 is 0 Å². The van der Waals surface area contributed by atoms with Crippen LogP contribution in [0.25, 0.3) is 0 Å². The number of guanidine groups is 2. The highest BCUT2D eigenvalue weighted by molar-refractivity contribution is 5.92. The van der Waals surface area contributed by atoms with E-state index in [-0.39, 0.29) is 11.9 Å². The Morgan fingerprint density at radius 2 is 1.64 bits per heavy atom. The molecule has 0 aromatic heterocycles. The predicted molar refractivity (Wildman–Crippen MR) is 60.6 cm³/mol. The second kappa shape index (κ2) is 6.01. The van der Waals surface area contributed by atoms with Crippen LogP contribution in [0.3, 0.4) is 0 Å². The maximum atomic E-state index is 5.46. The molecule has 0 radical (unpaired) electrons. The summed E-state index contributed by atoms with van der Waals surface area (Å²) in [5.74, 6) is 0.299. The molecule has 0 spiro atoms. The summed E-state index contributed by atoms with van der Waals surface area (Å²) in [6, 6.07) is 0. The van der Waals surface area contributed by atoms with E-state index >= 15 is 0 Å². The SMILES string of the molecule is C=C(N=C(N)N=C(N)N)C(CC)CC. The van der Waals surface area contributed by atoms with Crippen molar-refractivity contribution in [2.24, 2.45) is 33.1 Å². The normalized spacial score (nSPS) is 11.5. The lowest BCUT2D eigenvalue weighted by Crippen LogP contribution is -2.26. The summed E-state index contributed by atoms with van der Waals surface area (Å²) < 4.78 is 0. The molecule has 0 unspecified atom stereocenters. The van der Waals surface area contributed by atoms with Crippen LogP contribution < -0.4 is 17.2 Å². The Labute approximate surface area is 84.8 Å². The number of hydrogen-bond donors (Lipinski definition) is 3. The molecule has 0 amide bonds. The van der Waals surface area contributed by atoms with Crippen LogP contribution in [0.5, 0.6) is 0 Å². The van der Waals surface area contributed by atoms with Crippen molar-refractivity contribution < 1.29 is 0 Å². The maximum Gasteiger partial charge on any atom is 0.223 e. The number of nitrogens with zero attached hydrogens (tertiary/aromatic N) is 2. The van der Waals surface area contributed by atoms with E-state index in [0.29, 0.717) is 5.92 Å². The van der Waals surface area contributed by atoms with E-state index < -0.39 is 0 Å². The minimum atomic E-state index is -0.0939. The Morgan fingerprint density at radius 1 is 1.14 bits per heavy atom. The van der Waals surface area contributed by atoms with Crippen LogP contribution in [0.2, 0.25) is 0 Å². The predicted octanol–water partition coefficient (Wildman–Crippen LogP) is 0.524. The van der Waals surface area contributed by atoms with E-state index in [2.05, 4.69) is 30.4 Å². The topological polar surface area (TPSA) is 103 Å². The summed E-state index contributed by atoms with van der Waals surface area (Å²) in [5, 5.41) is 0. The molecule has 0 aromatic rings. The fraction of sp³-hybridized carbons (Fsp3) is 0.556. The molecular weight excluding hydrogens is 178 g/mol. The van der Waals surface area contributed by atoms with Crippen molar-refractivity contribution in [3.63, 3.8) is 0 Å². The number of nitrogens with two attached hydrogens (primary N) is 3. The molecule has 0 saturated heterocycles. The molecular formula is C9H19N5. The van der Waals surface area contributed by atoms with Crippen LogP contribution in [-0.2, 0) is 0 Å². The lowest BCUT2D eigenvalue weighted by atomic mass is 10.0. The van der Waals surface area contributed by atoms with Gasteiger partial charge in [-0.2, -0.15) is 4.99 Å². The first-order valence-electron chi connectivity index (χ1n) is 4.63. The van der Waals surface area contributed by atoms with E-state index in [1.807, 2.05) is 0 Å². The summed E-state index contributed by atoms with van der Waals surface area (Å²) in [5.41, 5.74) is 16.5. The largest absolute Gasteiger partial charge is 0.370 e. The molecule has 0 aliphatic rings. The molecule has 80 valence electrons. The van der Waals surface area contributed by atoms with Gasteiger partial charge in [0.15, 0.2) is 5.96 Å². The molecule has 0 saturated carbocycles. The van der Waals surface area contributed by atoms with E-state index in [1.165, 1.54) is 0 Å². The lowest BCUT2D eigenvalue weighted by Gasteiger charge is -2.11. The third-order valence-corrected chi connectivity index (χ3v) is 1.96. The molecule has 6 N–H and O–H groups in total. The summed E-state index contributed by atoms with van der Waals surface area (Å²) in [6.45, 7) is 7.98. The molecule has 0 aliphatic carbocycles. The highest BCUT2D eigenvalue weighted by Crippen LogP contribution is 2.17. The van der Waals surface area contributed by atoms with Gasteiger partial charge in [0.05, 0.1) is 0 Å². The first-order chi connectivity index (χ1) is 6.51. The van der Waals surface area contributed by atoms with E-state index in [0.717, 1.165) is 18.5 Å². The van der Waals surface area contributed by atoms with Crippen molar-refractivity contribution in [2.75, 3.05) is 0 Å². The van der Waals surface area contributed by atoms with Gasteiger partial charge in [0.25, 0.3) is 0 Å². The minimum Gasteiger partial charge on any atom is -0.370 e. The van der Waals surface area contributed by atoms with Crippen molar-refractivity contribution in [1.29, 1.82) is 0 Å². The molecule has 0 atom stereocenters. The highest BCUT2D eigenvalue weighted by Gasteiger charge is 2.07. The first-order valence-corrected chi connectivity index (χ1v) is 4.63. The molecule has 0 heterocycles. The Bertz CT molecular complexity index is 246. The average Bonchev–Trinajstić information content (AvgIpc) is 2.04. The van der Waals surface area contributed by atoms with Gasteiger partial charge in [-0.25, -0.2) is 4.99 Å². The highest BCUT2D eigenvalue weighted by atomic mass is 15.1. The number of rotatable bonds is 4. The van der Waals surface area contributed by atoms with Crippen molar-refractivity contribution in [3.05, 3.63) is 12.3 Å². The Hall–Kier alpha value is -1.52. The smallest absolute Gasteiger partial charge is 0.223 e. The fourth-order valence-electron chi connectivity index (χ4n) is 1.16. The second-order valence-electron chi connectivity index (χ2n) is 3.01. The van der Waals surface area contributed by atoms with Gasteiger partial charge in [-0.05, 0) is 12.8 Å². The van der Waals surface area contributed by atoms with Crippen LogP contribution in [0.4, 0.5) is 0 Å². The first kappa shape index (κ1) is 12.5. The van der Waals surface area contributed by atoms with Crippen molar-refractivity contribution in [1.82, 2.24) is 0 Å². The van der Waals surface area contributed by atoms with Crippen molar-refractivity contribution >= 4 is 11.9 Å². The van der Waals surface area contributed by atoms with Gasteiger partial charge < -0.3 is 17.2 Å². The van der Waals surface area contributed by atoms with Gasteiger partial charge in [0, 0.05) is 11.6 Å². The Morgan fingerprint density at radius 3 is 2.00 bits per heavy atom. The molecule has 5 nitrogen and oxygen atoms in total. The number of hydrogen-bond acceptors (Lipinski definition) is 1. The third kappa shape index (κ3) is 4.49. The quantitative estimate of drug-likeness (QED) is 0.452. The summed E-state index contributed by atoms with van der Waals surface area (Å²) >= 11 is 0. The van der Waals surface area contributed by atoms with Gasteiger partial charge in [0.1, 0.15) is 0 Å². The van der Waals surface area contributed by atoms with Crippen LogP contribution in [-0.4, -0.2) is 11.9 Å². The van der Waals surface area contributed by atoms with E-state index in [4.69, 9.17) is 17.2 Å². The zero-order valence-corrected chi connectivity index (χ0v) is 8.83. The van der Waals surface area contributed by atoms with Crippen LogP contribution in [0.15, 0.2) is 22.3 Å². The summed E-state index contributed by atoms with van der Waals surface area (Å²) in [6.07, 6.45) is 1.96. The molecule has 0 fully saturated rings. The van der Waals surface area contributed by atoms with Gasteiger partial charge in [-0.3, -0.25) is 0 Å². The number of aliphatic imine (C=N–C) groups is 2. The Kier molecular flexibility index (Phi) is 5.36. The van der Waals surface area contributed by atoms with E-state index in [1.54, 1.807) is 0 Å². The summed E-state index contributed by atoms with van der Waals surface area (Å²) in [7, 11) is 0. The monoisotopic (exact) mass is 197 g/mol. The molecule has 14 heavy (non-hydrogen) atoms. The van der Waals surface area contributed by atoms with Gasteiger partial charge in [-0.1, -0.05) is 20.4 Å². The van der Waals surface area contributed by atoms with Gasteiger partial charge >= 0.3 is 0 Å². The zero-order valence-electron chi connectivity index (χ0n) is 8.83. The van der Waals surface area contributed by atoms with Gasteiger partial charge in [0.2, 0.25) is 5.96 Å². The lowest BCUT2D eigenvalue weighted by molar-refractivity contribution is 0.568. The fourth-order valence-corrected chi connectivity index (χ4v) is 1.16. The van der Waals surface area contributed by atoms with E-state index in [9.17, 15) is 0 Å². The molecule has 0 rings (SSSR count). The maximum absolute atomic E-state index is 5.46. The molecule has 0 aliphatic heterocycles. The standard InChI is InChI=1S/C9H19N5/c1-4-7(5-2)6(3)13-9(12)14-8(10)11/h7H,3-5H2,1-2H3,(H6,10,11,12,13,14). The van der Waals surface area contributed by atoms with Crippen LogP contribution in [0, 0.1) is 5.92 Å². The summed E-state index contributed by atoms with van der Waals surface area (Å²) in [4.78, 5) is 7.62. The van der Waals surface area contributed by atoms with Crippen LogP contribution in [0.1, 0.15) is 26.7 Å². The minimum absolute atomic E-state index is 0.0573. The molecule has 0 aromatic carbocycles.